The van der Waals surface area contributed by atoms with Crippen LogP contribution in [0.2, 0.25) is 0 Å². The van der Waals surface area contributed by atoms with Crippen molar-refractivity contribution in [2.24, 2.45) is 4.99 Å². The highest BCUT2D eigenvalue weighted by Gasteiger charge is 2.46. The summed E-state index contributed by atoms with van der Waals surface area (Å²) in [7, 11) is 0. The third-order valence-corrected chi connectivity index (χ3v) is 7.85. The number of phenols is 1. The molecule has 1 fully saturated rings. The molecule has 0 spiro atoms. The van der Waals surface area contributed by atoms with E-state index in [0.29, 0.717) is 5.56 Å². The van der Waals surface area contributed by atoms with Gasteiger partial charge in [0.2, 0.25) is 6.29 Å². The zero-order valence-electron chi connectivity index (χ0n) is 25.6. The zero-order valence-corrected chi connectivity index (χ0v) is 25.6. The fourth-order valence-corrected chi connectivity index (χ4v) is 5.43. The summed E-state index contributed by atoms with van der Waals surface area (Å²) in [4.78, 5) is 63.0. The molecule has 0 amide bonds. The van der Waals surface area contributed by atoms with Gasteiger partial charge >= 0.3 is 29.8 Å². The number of aromatic hydroxyl groups is 1. The largest absolute Gasteiger partial charge is 0.504 e. The number of carboxylic acids is 4. The number of aliphatic hydroxyl groups is 4. The number of esters is 1. The number of hydrogen-bond acceptors (Lipinski definition) is 15. The molecule has 0 saturated carbocycles. The van der Waals surface area contributed by atoms with Gasteiger partial charge in [-0.05, 0) is 36.3 Å². The van der Waals surface area contributed by atoms with Crippen LogP contribution in [0, 0.1) is 0 Å². The highest BCUT2D eigenvalue weighted by atomic mass is 16.7. The molecular weight excluding hydrogens is 660 g/mol. The first kappa shape index (κ1) is 36.8. The van der Waals surface area contributed by atoms with Crippen molar-refractivity contribution in [3.05, 3.63) is 41.6 Å². The average Bonchev–Trinajstić information content (AvgIpc) is 3.35. The number of aliphatic carboxylic acids is 4. The van der Waals surface area contributed by atoms with Crippen molar-refractivity contribution in [1.29, 1.82) is 0 Å². The van der Waals surface area contributed by atoms with Gasteiger partial charge in [-0.15, -0.1) is 0 Å². The van der Waals surface area contributed by atoms with E-state index < -0.39 is 109 Å². The molecular formula is C30H34N2O17. The van der Waals surface area contributed by atoms with E-state index in [2.05, 4.69) is 4.99 Å². The maximum absolute atomic E-state index is 12.2. The third-order valence-electron chi connectivity index (χ3n) is 7.85. The predicted molar refractivity (Wildman–Crippen MR) is 160 cm³/mol. The Morgan fingerprint density at radius 2 is 1.69 bits per heavy atom. The van der Waals surface area contributed by atoms with Crippen molar-refractivity contribution in [2.45, 2.75) is 81.0 Å². The van der Waals surface area contributed by atoms with E-state index in [1.807, 2.05) is 0 Å². The lowest BCUT2D eigenvalue weighted by Crippen LogP contribution is -2.60. The highest BCUT2D eigenvalue weighted by molar-refractivity contribution is 6.41. The summed E-state index contributed by atoms with van der Waals surface area (Å²) in [5.41, 5.74) is -1.69. The van der Waals surface area contributed by atoms with Gasteiger partial charge in [-0.25, -0.2) is 14.4 Å². The van der Waals surface area contributed by atoms with Crippen molar-refractivity contribution < 1.29 is 84.1 Å². The number of rotatable bonds is 13. The Hall–Kier alpha value is -5.08. The second-order valence-corrected chi connectivity index (χ2v) is 11.9. The first-order valence-corrected chi connectivity index (χ1v) is 14.6. The van der Waals surface area contributed by atoms with Gasteiger partial charge in [0, 0.05) is 30.8 Å². The average molecular weight is 695 g/mol. The number of carbonyl (C=O) groups excluding carboxylic acids is 1. The van der Waals surface area contributed by atoms with E-state index in [1.54, 1.807) is 0 Å². The van der Waals surface area contributed by atoms with Gasteiger partial charge in [-0.3, -0.25) is 14.6 Å². The number of phenolic OH excluding ortho intramolecular Hbond substituents is 1. The molecule has 1 aromatic carbocycles. The van der Waals surface area contributed by atoms with Gasteiger partial charge in [-0.2, -0.15) is 0 Å². The fraction of sp³-hybridized carbons (Fsp3) is 0.467. The molecule has 8 atom stereocenters. The van der Waals surface area contributed by atoms with Crippen LogP contribution in [-0.2, 0) is 39.9 Å². The monoisotopic (exact) mass is 694 g/mol. The number of anilines is 1. The van der Waals surface area contributed by atoms with Crippen molar-refractivity contribution in [3.8, 4) is 11.5 Å². The molecule has 0 aromatic heterocycles. The number of benzene rings is 1. The van der Waals surface area contributed by atoms with Crippen molar-refractivity contribution in [1.82, 2.24) is 0 Å². The second-order valence-electron chi connectivity index (χ2n) is 11.9. The molecule has 0 radical (unpaired) electrons. The van der Waals surface area contributed by atoms with Crippen LogP contribution in [-0.4, -0.2) is 137 Å². The molecule has 19 heteroatoms. The summed E-state index contributed by atoms with van der Waals surface area (Å²) in [6.07, 6.45) is -6.86. The fourth-order valence-electron chi connectivity index (χ4n) is 5.43. The Bertz CT molecular complexity index is 1600. The van der Waals surface area contributed by atoms with Gasteiger partial charge < -0.3 is 65.1 Å². The number of fused-ring (bicyclic) bond motifs is 1. The van der Waals surface area contributed by atoms with Crippen LogP contribution in [0.1, 0.15) is 31.7 Å². The summed E-state index contributed by atoms with van der Waals surface area (Å²) < 4.78 is 16.1. The number of dihydropyridines is 1. The summed E-state index contributed by atoms with van der Waals surface area (Å²) in [5, 5.41) is 89.6. The lowest BCUT2D eigenvalue weighted by Gasteiger charge is -2.40. The molecule has 19 nitrogen and oxygen atoms in total. The highest BCUT2D eigenvalue weighted by Crippen LogP contribution is 2.42. The third kappa shape index (κ3) is 8.69. The van der Waals surface area contributed by atoms with E-state index in [4.69, 9.17) is 19.3 Å². The minimum absolute atomic E-state index is 0.135. The molecule has 266 valence electrons. The normalized spacial score (nSPS) is 27.8. The van der Waals surface area contributed by atoms with Crippen LogP contribution >= 0.6 is 0 Å². The summed E-state index contributed by atoms with van der Waals surface area (Å²) in [6.45, 7) is 0.389. The molecule has 3 aliphatic heterocycles. The topological polar surface area (TPSA) is 311 Å². The van der Waals surface area contributed by atoms with Gasteiger partial charge in [0.05, 0.1) is 18.4 Å². The number of carboxylic acid groups (broad SMARTS) is 4. The van der Waals surface area contributed by atoms with Gasteiger partial charge in [0.1, 0.15) is 42.8 Å². The van der Waals surface area contributed by atoms with Crippen molar-refractivity contribution >= 4 is 41.2 Å². The Balaban J connectivity index is 1.51. The van der Waals surface area contributed by atoms with E-state index in [-0.39, 0.29) is 29.9 Å². The second kappa shape index (κ2) is 14.6. The molecule has 4 rings (SSSR count). The summed E-state index contributed by atoms with van der Waals surface area (Å²) in [5.74, 6) is -7.41. The Kier molecular flexibility index (Phi) is 10.9. The van der Waals surface area contributed by atoms with E-state index in [1.165, 1.54) is 23.2 Å². The molecule has 49 heavy (non-hydrogen) atoms. The number of ether oxygens (including phenoxy) is 3. The van der Waals surface area contributed by atoms with Crippen LogP contribution in [0.4, 0.5) is 5.69 Å². The SMILES string of the molecule is CC(O)(CC(=O)O)CC(=O)OCC1OC(Oc2cc3c(cc2O)N(C=CC2=CC(C(=O)O)=NC(C(=O)O)C2)C(C(=O)O)C3)C(O)C(O)C1O. The summed E-state index contributed by atoms with van der Waals surface area (Å²) in [6, 6.07) is -0.210. The van der Waals surface area contributed by atoms with Crippen LogP contribution in [0.25, 0.3) is 0 Å². The lowest BCUT2D eigenvalue weighted by molar-refractivity contribution is -0.278. The minimum atomic E-state index is -1.94. The smallest absolute Gasteiger partial charge is 0.354 e. The molecule has 0 aliphatic carbocycles. The van der Waals surface area contributed by atoms with Crippen LogP contribution in [0.5, 0.6) is 11.5 Å². The van der Waals surface area contributed by atoms with E-state index in [0.717, 1.165) is 19.1 Å². The van der Waals surface area contributed by atoms with Crippen LogP contribution in [0.15, 0.2) is 41.1 Å². The molecule has 3 heterocycles. The maximum atomic E-state index is 12.2. The van der Waals surface area contributed by atoms with Crippen molar-refractivity contribution in [3.63, 3.8) is 0 Å². The lowest BCUT2D eigenvalue weighted by atomic mass is 9.98. The van der Waals surface area contributed by atoms with Gasteiger partial charge in [-0.1, -0.05) is 0 Å². The maximum Gasteiger partial charge on any atom is 0.354 e. The Morgan fingerprint density at radius 3 is 2.31 bits per heavy atom. The molecule has 1 saturated heterocycles. The number of aliphatic hydroxyl groups excluding tert-OH is 3. The first-order valence-electron chi connectivity index (χ1n) is 14.6. The molecule has 0 bridgehead atoms. The first-order chi connectivity index (χ1) is 22.9. The number of aliphatic imine (C=N–C) groups is 1. The molecule has 3 aliphatic rings. The Labute approximate surface area is 276 Å². The standard InChI is InChI=1S/C30H34N2O17/c1-30(46,9-21(34)35)10-22(36)47-11-20-23(37)24(38)25(39)29(49-20)48-19-7-13-6-17(28(44)45)32(16(13)8-18(19)33)3-2-12-4-14(26(40)41)31-15(5-12)27(42)43/h2-4,7-8,15,17,20,23-25,29,33,37-39,46H,5-6,9-11H2,1H3,(H,34,35)(H,40,41)(H,42,43)(H,44,45). The van der Waals surface area contributed by atoms with Crippen LogP contribution < -0.4 is 9.64 Å². The number of carbonyl (C=O) groups is 5. The number of hydrogen-bond donors (Lipinski definition) is 9. The van der Waals surface area contributed by atoms with Gasteiger partial charge in [0.15, 0.2) is 17.5 Å². The minimum Gasteiger partial charge on any atom is -0.504 e. The molecule has 1 aromatic rings. The zero-order chi connectivity index (χ0) is 36.4. The van der Waals surface area contributed by atoms with E-state index in [9.17, 15) is 64.8 Å². The summed E-state index contributed by atoms with van der Waals surface area (Å²) >= 11 is 0. The van der Waals surface area contributed by atoms with E-state index >= 15 is 0 Å². The number of nitrogens with zero attached hydrogens (tertiary/aromatic N) is 2. The Morgan fingerprint density at radius 1 is 1.00 bits per heavy atom. The van der Waals surface area contributed by atoms with Crippen LogP contribution in [0.3, 0.4) is 0 Å². The molecule has 9 N–H and O–H groups in total. The van der Waals surface area contributed by atoms with Crippen molar-refractivity contribution in [2.75, 3.05) is 11.5 Å². The van der Waals surface area contributed by atoms with Gasteiger partial charge in [0.25, 0.3) is 0 Å². The number of allylic oxidation sites excluding steroid dienone is 1. The predicted octanol–water partition coefficient (Wildman–Crippen LogP) is -1.62. The molecule has 8 unspecified atom stereocenters. The quantitative estimate of drug-likeness (QED) is 0.105.